The molecule has 0 bridgehead atoms. The summed E-state index contributed by atoms with van der Waals surface area (Å²) in [6.45, 7) is 0.434. The highest BCUT2D eigenvalue weighted by Gasteiger charge is 2.14. The van der Waals surface area contributed by atoms with Crippen molar-refractivity contribution in [3.05, 3.63) is 35.5 Å². The van der Waals surface area contributed by atoms with Crippen LogP contribution in [-0.2, 0) is 6.54 Å². The fourth-order valence-corrected chi connectivity index (χ4v) is 3.03. The van der Waals surface area contributed by atoms with E-state index < -0.39 is 0 Å². The minimum atomic E-state index is 0.434. The Morgan fingerprint density at radius 3 is 2.85 bits per heavy atom. The van der Waals surface area contributed by atoms with E-state index in [-0.39, 0.29) is 0 Å². The van der Waals surface area contributed by atoms with E-state index in [1.807, 2.05) is 28.8 Å². The number of methoxy groups -OCH3 is 2. The molecule has 0 spiro atoms. The molecule has 0 aliphatic rings. The van der Waals surface area contributed by atoms with Crippen LogP contribution in [0.2, 0.25) is 0 Å². The van der Waals surface area contributed by atoms with Crippen molar-refractivity contribution in [3.8, 4) is 22.8 Å². The molecule has 0 atom stereocenters. The van der Waals surface area contributed by atoms with Gasteiger partial charge in [0.15, 0.2) is 4.96 Å². The molecule has 2 heterocycles. The predicted molar refractivity (Wildman–Crippen MR) is 79.5 cm³/mol. The molecule has 0 radical (unpaired) electrons. The summed E-state index contributed by atoms with van der Waals surface area (Å²) < 4.78 is 12.8. The molecule has 6 heteroatoms. The summed E-state index contributed by atoms with van der Waals surface area (Å²) in [5.74, 6) is 1.59. The fraction of sp³-hybridized carbons (Fsp3) is 0.214. The van der Waals surface area contributed by atoms with Gasteiger partial charge < -0.3 is 15.2 Å². The van der Waals surface area contributed by atoms with E-state index in [0.717, 1.165) is 33.4 Å². The molecule has 0 fully saturated rings. The van der Waals surface area contributed by atoms with Crippen molar-refractivity contribution >= 4 is 16.3 Å². The number of benzene rings is 1. The third kappa shape index (κ3) is 2.03. The highest BCUT2D eigenvalue weighted by atomic mass is 32.1. The molecule has 0 saturated carbocycles. The van der Waals surface area contributed by atoms with Crippen LogP contribution < -0.4 is 15.2 Å². The van der Waals surface area contributed by atoms with Gasteiger partial charge in [-0.2, -0.15) is 0 Å². The fourth-order valence-electron chi connectivity index (χ4n) is 2.14. The van der Waals surface area contributed by atoms with Crippen LogP contribution in [0.4, 0.5) is 0 Å². The second-order valence-corrected chi connectivity index (χ2v) is 5.11. The summed E-state index contributed by atoms with van der Waals surface area (Å²) >= 11 is 1.58. The molecule has 2 aromatic heterocycles. The lowest BCUT2D eigenvalue weighted by atomic mass is 10.1. The van der Waals surface area contributed by atoms with Crippen molar-refractivity contribution in [1.29, 1.82) is 0 Å². The quantitative estimate of drug-likeness (QED) is 0.801. The average Bonchev–Trinajstić information content (AvgIpc) is 3.06. The first-order chi connectivity index (χ1) is 9.76. The van der Waals surface area contributed by atoms with Gasteiger partial charge in [0, 0.05) is 23.7 Å². The standard InChI is InChI=1S/C14H15N3O2S/c1-18-10-3-4-13(19-2)11(5-10)12-8-20-14-16-9(6-15)7-17(12)14/h3-5,7-8H,6,15H2,1-2H3. The molecule has 0 saturated heterocycles. The number of hydrogen-bond acceptors (Lipinski definition) is 5. The lowest BCUT2D eigenvalue weighted by Crippen LogP contribution is -1.95. The van der Waals surface area contributed by atoms with Crippen LogP contribution in [0.15, 0.2) is 29.8 Å². The van der Waals surface area contributed by atoms with Crippen molar-refractivity contribution < 1.29 is 9.47 Å². The number of imidazole rings is 1. The minimum absolute atomic E-state index is 0.434. The number of nitrogens with two attached hydrogens (primary N) is 1. The molecule has 3 rings (SSSR count). The third-order valence-corrected chi connectivity index (χ3v) is 3.99. The zero-order valence-corrected chi connectivity index (χ0v) is 12.1. The summed E-state index contributed by atoms with van der Waals surface area (Å²) in [5, 5.41) is 2.06. The van der Waals surface area contributed by atoms with Crippen LogP contribution in [0, 0.1) is 0 Å². The molecule has 0 aliphatic carbocycles. The maximum Gasteiger partial charge on any atom is 0.194 e. The second kappa shape index (κ2) is 5.15. The monoisotopic (exact) mass is 289 g/mol. The SMILES string of the molecule is COc1ccc(OC)c(-c2csc3nc(CN)cn23)c1. The number of nitrogens with zero attached hydrogens (tertiary/aromatic N) is 2. The molecule has 0 aliphatic heterocycles. The molecule has 2 N–H and O–H groups in total. The van der Waals surface area contributed by atoms with Crippen molar-refractivity contribution in [2.75, 3.05) is 14.2 Å². The second-order valence-electron chi connectivity index (χ2n) is 4.28. The van der Waals surface area contributed by atoms with Gasteiger partial charge in [-0.25, -0.2) is 4.98 Å². The maximum absolute atomic E-state index is 5.65. The van der Waals surface area contributed by atoms with E-state index in [0.29, 0.717) is 6.54 Å². The van der Waals surface area contributed by atoms with Gasteiger partial charge in [-0.1, -0.05) is 0 Å². The first-order valence-electron chi connectivity index (χ1n) is 6.14. The van der Waals surface area contributed by atoms with E-state index in [2.05, 4.69) is 10.4 Å². The summed E-state index contributed by atoms with van der Waals surface area (Å²) in [4.78, 5) is 5.38. The maximum atomic E-state index is 5.65. The van der Waals surface area contributed by atoms with Crippen LogP contribution in [0.5, 0.6) is 11.5 Å². The number of ether oxygens (including phenoxy) is 2. The Kier molecular flexibility index (Phi) is 3.33. The van der Waals surface area contributed by atoms with Crippen molar-refractivity contribution in [3.63, 3.8) is 0 Å². The minimum Gasteiger partial charge on any atom is -0.497 e. The number of fused-ring (bicyclic) bond motifs is 1. The Hall–Kier alpha value is -2.05. The van der Waals surface area contributed by atoms with E-state index in [9.17, 15) is 0 Å². The number of hydrogen-bond donors (Lipinski definition) is 1. The number of rotatable bonds is 4. The van der Waals surface area contributed by atoms with Crippen LogP contribution in [0.25, 0.3) is 16.2 Å². The topological polar surface area (TPSA) is 61.8 Å². The Morgan fingerprint density at radius 1 is 1.30 bits per heavy atom. The molecule has 0 amide bonds. The zero-order valence-electron chi connectivity index (χ0n) is 11.3. The van der Waals surface area contributed by atoms with E-state index in [4.69, 9.17) is 15.2 Å². The molecule has 3 aromatic rings. The van der Waals surface area contributed by atoms with Gasteiger partial charge in [-0.15, -0.1) is 11.3 Å². The summed E-state index contributed by atoms with van der Waals surface area (Å²) in [6, 6.07) is 5.74. The van der Waals surface area contributed by atoms with Crippen LogP contribution in [-0.4, -0.2) is 23.6 Å². The molecule has 104 valence electrons. The average molecular weight is 289 g/mol. The highest BCUT2D eigenvalue weighted by molar-refractivity contribution is 7.15. The van der Waals surface area contributed by atoms with Crippen LogP contribution in [0.1, 0.15) is 5.69 Å². The molecule has 0 unspecified atom stereocenters. The molecular formula is C14H15N3O2S. The van der Waals surface area contributed by atoms with Gasteiger partial charge in [-0.05, 0) is 18.2 Å². The molecule has 5 nitrogen and oxygen atoms in total. The van der Waals surface area contributed by atoms with Gasteiger partial charge in [0.1, 0.15) is 11.5 Å². The Bertz CT molecular complexity index is 748. The number of aromatic nitrogens is 2. The zero-order chi connectivity index (χ0) is 14.1. The first kappa shape index (κ1) is 13.0. The van der Waals surface area contributed by atoms with Gasteiger partial charge in [-0.3, -0.25) is 4.40 Å². The van der Waals surface area contributed by atoms with Crippen LogP contribution in [0.3, 0.4) is 0 Å². The van der Waals surface area contributed by atoms with E-state index >= 15 is 0 Å². The Labute approximate surface area is 120 Å². The summed E-state index contributed by atoms with van der Waals surface area (Å²) in [7, 11) is 3.31. The van der Waals surface area contributed by atoms with Crippen molar-refractivity contribution in [2.45, 2.75) is 6.54 Å². The molecule has 20 heavy (non-hydrogen) atoms. The molecule has 1 aromatic carbocycles. The van der Waals surface area contributed by atoms with Gasteiger partial charge in [0.2, 0.25) is 0 Å². The van der Waals surface area contributed by atoms with E-state index in [1.54, 1.807) is 25.6 Å². The van der Waals surface area contributed by atoms with Crippen molar-refractivity contribution in [2.24, 2.45) is 5.73 Å². The summed E-state index contributed by atoms with van der Waals surface area (Å²) in [5.41, 5.74) is 8.52. The Balaban J connectivity index is 2.20. The normalized spacial score (nSPS) is 10.9. The Morgan fingerprint density at radius 2 is 2.15 bits per heavy atom. The molecular weight excluding hydrogens is 274 g/mol. The predicted octanol–water partition coefficient (Wildman–Crippen LogP) is 2.54. The van der Waals surface area contributed by atoms with Crippen molar-refractivity contribution in [1.82, 2.24) is 9.38 Å². The first-order valence-corrected chi connectivity index (χ1v) is 7.02. The summed E-state index contributed by atoms with van der Waals surface area (Å²) in [6.07, 6.45) is 1.96. The van der Waals surface area contributed by atoms with Gasteiger partial charge >= 0.3 is 0 Å². The smallest absolute Gasteiger partial charge is 0.194 e. The number of thiazole rings is 1. The largest absolute Gasteiger partial charge is 0.497 e. The van der Waals surface area contributed by atoms with Gasteiger partial charge in [0.05, 0.1) is 25.6 Å². The highest BCUT2D eigenvalue weighted by Crippen LogP contribution is 2.35. The van der Waals surface area contributed by atoms with E-state index in [1.165, 1.54) is 0 Å². The third-order valence-electron chi connectivity index (χ3n) is 3.15. The van der Waals surface area contributed by atoms with Gasteiger partial charge in [0.25, 0.3) is 0 Å². The lowest BCUT2D eigenvalue weighted by molar-refractivity contribution is 0.404. The van der Waals surface area contributed by atoms with Crippen LogP contribution >= 0.6 is 11.3 Å². The lowest BCUT2D eigenvalue weighted by Gasteiger charge is -2.09.